The smallest absolute Gasteiger partial charge is 0.291 e. The molecule has 0 bridgehead atoms. The lowest BCUT2D eigenvalue weighted by Gasteiger charge is -2.33. The van der Waals surface area contributed by atoms with Crippen LogP contribution in [0.3, 0.4) is 0 Å². The van der Waals surface area contributed by atoms with Crippen LogP contribution in [0.5, 0.6) is 0 Å². The Morgan fingerprint density at radius 2 is 2.23 bits per heavy atom. The monoisotopic (exact) mass is 193 g/mol. The minimum atomic E-state index is -4.45. The molecule has 1 unspecified atom stereocenters. The second kappa shape index (κ2) is 3.96. The van der Waals surface area contributed by atoms with Gasteiger partial charge in [0.1, 0.15) is 0 Å². The highest BCUT2D eigenvalue weighted by atomic mass is 19.4. The molecule has 74 valence electrons. The SMILES string of the molecule is C=C=CC1CCCON1C(F)(F)F. The molecule has 0 aromatic carbocycles. The van der Waals surface area contributed by atoms with Crippen molar-refractivity contribution in [3.63, 3.8) is 0 Å². The molecule has 1 atom stereocenters. The lowest BCUT2D eigenvalue weighted by molar-refractivity contribution is -0.391. The van der Waals surface area contributed by atoms with E-state index in [2.05, 4.69) is 17.1 Å². The van der Waals surface area contributed by atoms with Crippen molar-refractivity contribution >= 4 is 0 Å². The quantitative estimate of drug-likeness (QED) is 0.467. The van der Waals surface area contributed by atoms with Crippen LogP contribution in [-0.2, 0) is 4.84 Å². The van der Waals surface area contributed by atoms with E-state index in [-0.39, 0.29) is 11.7 Å². The van der Waals surface area contributed by atoms with Gasteiger partial charge in [0.15, 0.2) is 0 Å². The van der Waals surface area contributed by atoms with E-state index in [1.165, 1.54) is 6.08 Å². The Labute approximate surface area is 74.2 Å². The molecule has 0 saturated carbocycles. The largest absolute Gasteiger partial charge is 0.483 e. The van der Waals surface area contributed by atoms with Gasteiger partial charge >= 0.3 is 6.30 Å². The summed E-state index contributed by atoms with van der Waals surface area (Å²) in [6, 6.07) is -0.786. The highest BCUT2D eigenvalue weighted by molar-refractivity contribution is 4.91. The van der Waals surface area contributed by atoms with Gasteiger partial charge in [0.25, 0.3) is 0 Å². The molecule has 0 aromatic rings. The van der Waals surface area contributed by atoms with Crippen LogP contribution in [0.25, 0.3) is 0 Å². The molecular weight excluding hydrogens is 183 g/mol. The van der Waals surface area contributed by atoms with Crippen molar-refractivity contribution in [2.24, 2.45) is 0 Å². The molecule has 13 heavy (non-hydrogen) atoms. The van der Waals surface area contributed by atoms with Gasteiger partial charge in [0.2, 0.25) is 0 Å². The van der Waals surface area contributed by atoms with Crippen molar-refractivity contribution in [2.45, 2.75) is 25.2 Å². The number of alkyl halides is 3. The van der Waals surface area contributed by atoms with Crippen LogP contribution in [0.15, 0.2) is 18.4 Å². The molecule has 1 rings (SSSR count). The van der Waals surface area contributed by atoms with E-state index < -0.39 is 12.3 Å². The van der Waals surface area contributed by atoms with Gasteiger partial charge in [-0.25, -0.2) is 0 Å². The van der Waals surface area contributed by atoms with Crippen molar-refractivity contribution in [3.05, 3.63) is 18.4 Å². The summed E-state index contributed by atoms with van der Waals surface area (Å²) >= 11 is 0. The van der Waals surface area contributed by atoms with E-state index >= 15 is 0 Å². The Bertz CT molecular complexity index is 220. The maximum absolute atomic E-state index is 12.2. The molecule has 0 N–H and O–H groups in total. The zero-order chi connectivity index (χ0) is 9.90. The van der Waals surface area contributed by atoms with Gasteiger partial charge in [-0.15, -0.1) is 5.73 Å². The molecule has 0 amide bonds. The van der Waals surface area contributed by atoms with Gasteiger partial charge in [-0.2, -0.15) is 13.2 Å². The van der Waals surface area contributed by atoms with Crippen molar-refractivity contribution in [1.29, 1.82) is 0 Å². The number of halogens is 3. The van der Waals surface area contributed by atoms with Gasteiger partial charge in [0.05, 0.1) is 12.6 Å². The number of nitrogens with zero attached hydrogens (tertiary/aromatic N) is 1. The van der Waals surface area contributed by atoms with E-state index in [0.29, 0.717) is 12.8 Å². The fourth-order valence-corrected chi connectivity index (χ4v) is 1.22. The molecule has 0 radical (unpaired) electrons. The van der Waals surface area contributed by atoms with Gasteiger partial charge in [0, 0.05) is 0 Å². The predicted octanol–water partition coefficient (Wildman–Crippen LogP) is 2.24. The van der Waals surface area contributed by atoms with E-state index in [1.54, 1.807) is 0 Å². The van der Waals surface area contributed by atoms with Crippen molar-refractivity contribution in [1.82, 2.24) is 5.06 Å². The lowest BCUT2D eigenvalue weighted by atomic mass is 10.1. The summed E-state index contributed by atoms with van der Waals surface area (Å²) in [7, 11) is 0. The molecule has 0 aliphatic carbocycles. The van der Waals surface area contributed by atoms with Crippen LogP contribution in [0, 0.1) is 0 Å². The van der Waals surface area contributed by atoms with Crippen LogP contribution >= 0.6 is 0 Å². The Morgan fingerprint density at radius 3 is 2.77 bits per heavy atom. The second-order valence-corrected chi connectivity index (χ2v) is 2.71. The number of hydrogen-bond donors (Lipinski definition) is 0. The summed E-state index contributed by atoms with van der Waals surface area (Å²) in [4.78, 5) is 4.52. The first-order chi connectivity index (χ1) is 6.05. The minimum absolute atomic E-state index is 0.0503. The van der Waals surface area contributed by atoms with Crippen LogP contribution in [0.2, 0.25) is 0 Å². The van der Waals surface area contributed by atoms with Crippen molar-refractivity contribution in [2.75, 3.05) is 6.61 Å². The Morgan fingerprint density at radius 1 is 1.54 bits per heavy atom. The predicted molar refractivity (Wildman–Crippen MR) is 40.6 cm³/mol. The first-order valence-corrected chi connectivity index (χ1v) is 3.90. The fraction of sp³-hybridized carbons (Fsp3) is 0.625. The van der Waals surface area contributed by atoms with Crippen LogP contribution in [-0.4, -0.2) is 24.0 Å². The molecule has 1 fully saturated rings. The number of rotatable bonds is 1. The minimum Gasteiger partial charge on any atom is -0.291 e. The first-order valence-electron chi connectivity index (χ1n) is 3.90. The zero-order valence-electron chi connectivity index (χ0n) is 6.97. The molecule has 1 aliphatic rings. The Balaban J connectivity index is 2.73. The summed E-state index contributed by atoms with van der Waals surface area (Å²) in [5.41, 5.74) is 2.34. The van der Waals surface area contributed by atoms with Crippen LogP contribution in [0.1, 0.15) is 12.8 Å². The van der Waals surface area contributed by atoms with Gasteiger partial charge in [-0.05, 0) is 18.9 Å². The maximum atomic E-state index is 12.2. The standard InChI is InChI=1S/C8H10F3NO/c1-2-4-7-5-3-6-13-12(7)8(9,10)11/h4,7H,1,3,5-6H2. The molecule has 1 aliphatic heterocycles. The molecule has 0 aromatic heterocycles. The van der Waals surface area contributed by atoms with Gasteiger partial charge in [-0.3, -0.25) is 4.84 Å². The Kier molecular flexibility index (Phi) is 3.14. The van der Waals surface area contributed by atoms with E-state index in [0.717, 1.165) is 0 Å². The normalized spacial score (nSPS) is 25.3. The third kappa shape index (κ3) is 2.59. The molecule has 1 heterocycles. The Hall–Kier alpha value is -0.770. The summed E-state index contributed by atoms with van der Waals surface area (Å²) < 4.78 is 36.7. The van der Waals surface area contributed by atoms with E-state index in [4.69, 9.17) is 0 Å². The fourth-order valence-electron chi connectivity index (χ4n) is 1.22. The van der Waals surface area contributed by atoms with Crippen LogP contribution < -0.4 is 0 Å². The average molecular weight is 193 g/mol. The average Bonchev–Trinajstić information content (AvgIpc) is 2.04. The highest BCUT2D eigenvalue weighted by Gasteiger charge is 2.44. The molecular formula is C8H10F3NO. The van der Waals surface area contributed by atoms with E-state index in [9.17, 15) is 13.2 Å². The van der Waals surface area contributed by atoms with E-state index in [1.807, 2.05) is 0 Å². The molecule has 5 heteroatoms. The van der Waals surface area contributed by atoms with Gasteiger partial charge < -0.3 is 0 Å². The van der Waals surface area contributed by atoms with Crippen LogP contribution in [0.4, 0.5) is 13.2 Å². The summed E-state index contributed by atoms with van der Waals surface area (Å²) in [6.07, 6.45) is -2.14. The molecule has 1 saturated heterocycles. The molecule has 2 nitrogen and oxygen atoms in total. The first kappa shape index (κ1) is 10.3. The summed E-state index contributed by atoms with van der Waals surface area (Å²) in [5, 5.41) is 0.0503. The van der Waals surface area contributed by atoms with Crippen molar-refractivity contribution < 1.29 is 18.0 Å². The van der Waals surface area contributed by atoms with Gasteiger partial charge in [-0.1, -0.05) is 11.6 Å². The van der Waals surface area contributed by atoms with Crippen molar-refractivity contribution in [3.8, 4) is 0 Å². The summed E-state index contributed by atoms with van der Waals surface area (Å²) in [6.45, 7) is 3.35. The zero-order valence-corrected chi connectivity index (χ0v) is 6.97. The topological polar surface area (TPSA) is 12.5 Å². The highest BCUT2D eigenvalue weighted by Crippen LogP contribution is 2.29. The second-order valence-electron chi connectivity index (χ2n) is 2.71. The third-order valence-electron chi connectivity index (χ3n) is 1.74. The summed E-state index contributed by atoms with van der Waals surface area (Å²) in [5.74, 6) is 0. The number of hydrogen-bond acceptors (Lipinski definition) is 2. The maximum Gasteiger partial charge on any atom is 0.483 e. The number of hydroxylamine groups is 2. The molecule has 0 spiro atoms. The third-order valence-corrected chi connectivity index (χ3v) is 1.74. The lowest BCUT2D eigenvalue weighted by Crippen LogP contribution is -2.47.